The molecular weight excluding hydrogens is 361 g/mol. The second-order valence-electron chi connectivity index (χ2n) is 6.21. The highest BCUT2D eigenvalue weighted by molar-refractivity contribution is 5.91. The van der Waals surface area contributed by atoms with Gasteiger partial charge in [-0.05, 0) is 67.9 Å². The van der Waals surface area contributed by atoms with Crippen molar-refractivity contribution in [2.45, 2.75) is 26.5 Å². The maximum Gasteiger partial charge on any atom is 0.287 e. The summed E-state index contributed by atoms with van der Waals surface area (Å²) in [6.45, 7) is 4.58. The number of amides is 1. The normalized spacial score (nSPS) is 11.7. The first-order valence-corrected chi connectivity index (χ1v) is 9.06. The van der Waals surface area contributed by atoms with E-state index in [0.717, 1.165) is 11.3 Å². The molecule has 1 aromatic heterocycles. The molecule has 1 heterocycles. The van der Waals surface area contributed by atoms with Gasteiger partial charge in [0.2, 0.25) is 0 Å². The van der Waals surface area contributed by atoms with E-state index in [1.54, 1.807) is 12.1 Å². The van der Waals surface area contributed by atoms with Crippen LogP contribution in [0.3, 0.4) is 0 Å². The fraction of sp³-hybridized carbons (Fsp3) is 0.227. The van der Waals surface area contributed by atoms with Crippen LogP contribution in [0.5, 0.6) is 11.5 Å². The highest BCUT2D eigenvalue weighted by Gasteiger charge is 2.15. The molecule has 28 heavy (non-hydrogen) atoms. The average Bonchev–Trinajstić information content (AvgIpc) is 3.17. The van der Waals surface area contributed by atoms with Crippen LogP contribution in [-0.4, -0.2) is 12.5 Å². The highest BCUT2D eigenvalue weighted by Crippen LogP contribution is 2.19. The minimum atomic E-state index is -0.328. The zero-order chi connectivity index (χ0) is 19.9. The molecule has 6 heteroatoms. The first-order valence-electron chi connectivity index (χ1n) is 9.06. The summed E-state index contributed by atoms with van der Waals surface area (Å²) in [6, 6.07) is 16.4. The van der Waals surface area contributed by atoms with Gasteiger partial charge in [-0.1, -0.05) is 12.1 Å². The quantitative estimate of drug-likeness (QED) is 0.602. The van der Waals surface area contributed by atoms with Crippen LogP contribution in [0.25, 0.3) is 0 Å². The van der Waals surface area contributed by atoms with Crippen molar-refractivity contribution >= 4 is 5.91 Å². The van der Waals surface area contributed by atoms with Gasteiger partial charge in [-0.3, -0.25) is 4.79 Å². The van der Waals surface area contributed by atoms with Crippen LogP contribution in [-0.2, 0) is 6.61 Å². The predicted octanol–water partition coefficient (Wildman–Crippen LogP) is 4.89. The number of halogens is 1. The number of benzene rings is 2. The van der Waals surface area contributed by atoms with Gasteiger partial charge in [-0.25, -0.2) is 4.39 Å². The highest BCUT2D eigenvalue weighted by atomic mass is 19.1. The van der Waals surface area contributed by atoms with E-state index in [-0.39, 0.29) is 30.1 Å². The summed E-state index contributed by atoms with van der Waals surface area (Å²) in [5.41, 5.74) is 0.961. The van der Waals surface area contributed by atoms with Crippen LogP contribution in [0.1, 0.15) is 41.8 Å². The summed E-state index contributed by atoms with van der Waals surface area (Å²) < 4.78 is 29.4. The maximum atomic E-state index is 12.9. The van der Waals surface area contributed by atoms with Crippen molar-refractivity contribution in [2.24, 2.45) is 0 Å². The largest absolute Gasteiger partial charge is 0.494 e. The molecule has 5 nitrogen and oxygen atoms in total. The van der Waals surface area contributed by atoms with Crippen molar-refractivity contribution in [1.29, 1.82) is 0 Å². The van der Waals surface area contributed by atoms with Gasteiger partial charge in [-0.2, -0.15) is 0 Å². The molecule has 0 radical (unpaired) electrons. The lowest BCUT2D eigenvalue weighted by Gasteiger charge is -2.14. The second-order valence-corrected chi connectivity index (χ2v) is 6.21. The Morgan fingerprint density at radius 2 is 1.64 bits per heavy atom. The molecule has 2 aromatic carbocycles. The van der Waals surface area contributed by atoms with E-state index in [9.17, 15) is 9.18 Å². The standard InChI is InChI=1S/C22H22FNO4/c1-3-26-18-8-4-16(5-9-18)15(2)24-22(25)21-13-12-20(28-21)14-27-19-10-6-17(23)7-11-19/h4-13,15H,3,14H2,1-2H3,(H,24,25). The van der Waals surface area contributed by atoms with Gasteiger partial charge >= 0.3 is 0 Å². The van der Waals surface area contributed by atoms with Crippen molar-refractivity contribution in [3.63, 3.8) is 0 Å². The molecule has 0 aliphatic heterocycles. The van der Waals surface area contributed by atoms with Crippen molar-refractivity contribution in [3.8, 4) is 11.5 Å². The Labute approximate surface area is 163 Å². The van der Waals surface area contributed by atoms with Gasteiger partial charge in [0, 0.05) is 0 Å². The van der Waals surface area contributed by atoms with Gasteiger partial charge in [0.1, 0.15) is 29.7 Å². The molecule has 0 saturated heterocycles. The van der Waals surface area contributed by atoms with E-state index in [2.05, 4.69) is 5.32 Å². The molecule has 1 N–H and O–H groups in total. The van der Waals surface area contributed by atoms with Crippen LogP contribution >= 0.6 is 0 Å². The monoisotopic (exact) mass is 383 g/mol. The first-order chi connectivity index (χ1) is 13.5. The summed E-state index contributed by atoms with van der Waals surface area (Å²) in [5.74, 6) is 1.38. The summed E-state index contributed by atoms with van der Waals surface area (Å²) in [6.07, 6.45) is 0. The fourth-order valence-corrected chi connectivity index (χ4v) is 2.63. The zero-order valence-corrected chi connectivity index (χ0v) is 15.8. The number of carbonyl (C=O) groups is 1. The minimum Gasteiger partial charge on any atom is -0.494 e. The number of hydrogen-bond acceptors (Lipinski definition) is 4. The van der Waals surface area contributed by atoms with E-state index < -0.39 is 0 Å². The van der Waals surface area contributed by atoms with Crippen LogP contribution in [0.2, 0.25) is 0 Å². The fourth-order valence-electron chi connectivity index (χ4n) is 2.63. The van der Waals surface area contributed by atoms with Crippen LogP contribution in [0.4, 0.5) is 4.39 Å². The van der Waals surface area contributed by atoms with Crippen molar-refractivity contribution in [2.75, 3.05) is 6.61 Å². The van der Waals surface area contributed by atoms with Crippen molar-refractivity contribution < 1.29 is 23.1 Å². The molecule has 1 amide bonds. The lowest BCUT2D eigenvalue weighted by Crippen LogP contribution is -2.26. The Hall–Kier alpha value is -3.28. The third kappa shape index (κ3) is 5.13. The van der Waals surface area contributed by atoms with Crippen LogP contribution < -0.4 is 14.8 Å². The molecule has 0 bridgehead atoms. The molecule has 0 saturated carbocycles. The van der Waals surface area contributed by atoms with E-state index in [1.807, 2.05) is 38.1 Å². The molecular formula is C22H22FNO4. The van der Waals surface area contributed by atoms with E-state index in [0.29, 0.717) is 18.1 Å². The maximum absolute atomic E-state index is 12.9. The Kier molecular flexibility index (Phi) is 6.32. The average molecular weight is 383 g/mol. The molecule has 3 aromatic rings. The molecule has 0 aliphatic rings. The molecule has 1 atom stereocenters. The van der Waals surface area contributed by atoms with Crippen LogP contribution in [0, 0.1) is 5.82 Å². The Bertz CT molecular complexity index is 903. The number of nitrogens with one attached hydrogen (secondary N) is 1. The molecule has 0 aliphatic carbocycles. The van der Waals surface area contributed by atoms with Gasteiger partial charge < -0.3 is 19.2 Å². The van der Waals surface area contributed by atoms with Gasteiger partial charge in [0.05, 0.1) is 12.6 Å². The molecule has 1 unspecified atom stereocenters. The van der Waals surface area contributed by atoms with Gasteiger partial charge in [-0.15, -0.1) is 0 Å². The Morgan fingerprint density at radius 3 is 2.32 bits per heavy atom. The molecule has 0 spiro atoms. The predicted molar refractivity (Wildman–Crippen MR) is 103 cm³/mol. The summed E-state index contributed by atoms with van der Waals surface area (Å²) >= 11 is 0. The number of carbonyl (C=O) groups excluding carboxylic acids is 1. The summed E-state index contributed by atoms with van der Waals surface area (Å²) in [4.78, 5) is 12.4. The van der Waals surface area contributed by atoms with Crippen LogP contribution in [0.15, 0.2) is 65.1 Å². The topological polar surface area (TPSA) is 60.7 Å². The number of furan rings is 1. The van der Waals surface area contributed by atoms with E-state index in [4.69, 9.17) is 13.9 Å². The second kappa shape index (κ2) is 9.08. The van der Waals surface area contributed by atoms with Crippen molar-refractivity contribution in [1.82, 2.24) is 5.32 Å². The minimum absolute atomic E-state index is 0.146. The third-order valence-electron chi connectivity index (χ3n) is 4.12. The Balaban J connectivity index is 1.55. The smallest absolute Gasteiger partial charge is 0.287 e. The third-order valence-corrected chi connectivity index (χ3v) is 4.12. The molecule has 0 fully saturated rings. The number of ether oxygens (including phenoxy) is 2. The summed E-state index contributed by atoms with van der Waals surface area (Å²) in [7, 11) is 0. The van der Waals surface area contributed by atoms with Crippen molar-refractivity contribution in [3.05, 3.63) is 83.6 Å². The number of hydrogen-bond donors (Lipinski definition) is 1. The lowest BCUT2D eigenvalue weighted by molar-refractivity contribution is 0.0907. The number of rotatable bonds is 8. The van der Waals surface area contributed by atoms with Gasteiger partial charge in [0.25, 0.3) is 5.91 Å². The zero-order valence-electron chi connectivity index (χ0n) is 15.8. The SMILES string of the molecule is CCOc1ccc(C(C)NC(=O)c2ccc(COc3ccc(F)cc3)o2)cc1. The van der Waals surface area contributed by atoms with E-state index >= 15 is 0 Å². The van der Waals surface area contributed by atoms with E-state index in [1.165, 1.54) is 24.3 Å². The summed E-state index contributed by atoms with van der Waals surface area (Å²) in [5, 5.41) is 2.90. The lowest BCUT2D eigenvalue weighted by atomic mass is 10.1. The molecule has 146 valence electrons. The Morgan fingerprint density at radius 1 is 1.00 bits per heavy atom. The first kappa shape index (κ1) is 19.5. The molecule has 3 rings (SSSR count). The van der Waals surface area contributed by atoms with Gasteiger partial charge in [0.15, 0.2) is 5.76 Å².